The molecule has 4 rings (SSSR count). The molecule has 9 heteroatoms. The van der Waals surface area contributed by atoms with E-state index in [1.807, 2.05) is 62.4 Å². The van der Waals surface area contributed by atoms with Crippen molar-refractivity contribution in [2.75, 3.05) is 0 Å². The largest absolute Gasteiger partial charge is 0.414 e. The molecule has 0 spiro atoms. The smallest absolute Gasteiger partial charge is 0.391 e. The van der Waals surface area contributed by atoms with E-state index in [4.69, 9.17) is 15.2 Å². The van der Waals surface area contributed by atoms with Crippen LogP contribution in [0.4, 0.5) is 4.79 Å². The maximum atomic E-state index is 12.8. The number of carbonyl (C=O) groups is 2. The fourth-order valence-corrected chi connectivity index (χ4v) is 5.17. The average molecular weight is 507 g/mol. The molecule has 9 nitrogen and oxygen atoms in total. The number of aromatic nitrogens is 2. The molecule has 2 unspecified atom stereocenters. The van der Waals surface area contributed by atoms with Crippen LogP contribution in [-0.2, 0) is 16.0 Å². The molecule has 1 aromatic heterocycles. The maximum absolute atomic E-state index is 12.8. The van der Waals surface area contributed by atoms with E-state index >= 15 is 0 Å². The van der Waals surface area contributed by atoms with Crippen LogP contribution in [0.5, 0.6) is 5.88 Å². The van der Waals surface area contributed by atoms with Crippen molar-refractivity contribution in [1.82, 2.24) is 15.3 Å². The van der Waals surface area contributed by atoms with Crippen LogP contribution in [0.15, 0.2) is 60.8 Å². The van der Waals surface area contributed by atoms with Gasteiger partial charge in [0.1, 0.15) is 0 Å². The van der Waals surface area contributed by atoms with E-state index in [0.29, 0.717) is 30.3 Å². The molecule has 0 aliphatic carbocycles. The van der Waals surface area contributed by atoms with E-state index < -0.39 is 30.1 Å². The minimum atomic E-state index is -1.04. The van der Waals surface area contributed by atoms with Crippen molar-refractivity contribution in [3.05, 3.63) is 66.4 Å². The Bertz CT molecular complexity index is 1200. The lowest BCUT2D eigenvalue weighted by molar-refractivity contribution is -0.129. The van der Waals surface area contributed by atoms with Crippen molar-refractivity contribution in [3.63, 3.8) is 0 Å². The Morgan fingerprint density at radius 3 is 2.41 bits per heavy atom. The second-order valence-electron chi connectivity index (χ2n) is 9.83. The van der Waals surface area contributed by atoms with E-state index in [1.165, 1.54) is 6.20 Å². The van der Waals surface area contributed by atoms with Crippen molar-refractivity contribution >= 4 is 23.0 Å². The summed E-state index contributed by atoms with van der Waals surface area (Å²) >= 11 is 0. The van der Waals surface area contributed by atoms with Gasteiger partial charge in [0.05, 0.1) is 41.6 Å². The molecular formula is C28H34N4O5. The van der Waals surface area contributed by atoms with Crippen molar-refractivity contribution in [2.24, 2.45) is 17.6 Å². The van der Waals surface area contributed by atoms with Gasteiger partial charge in [0, 0.05) is 5.92 Å². The van der Waals surface area contributed by atoms with Crippen LogP contribution in [0.25, 0.3) is 11.0 Å². The number of carbonyl (C=O) groups excluding carboxylic acids is 2. The van der Waals surface area contributed by atoms with Gasteiger partial charge < -0.3 is 25.6 Å². The van der Waals surface area contributed by atoms with Gasteiger partial charge in [0.25, 0.3) is 0 Å². The highest BCUT2D eigenvalue weighted by Crippen LogP contribution is 2.33. The second kappa shape index (κ2) is 12.1. The molecule has 1 fully saturated rings. The van der Waals surface area contributed by atoms with Crippen LogP contribution in [-0.4, -0.2) is 51.4 Å². The average Bonchev–Trinajstić information content (AvgIpc) is 2.86. The number of hydrogen-bond donors (Lipinski definition) is 3. The molecule has 0 bridgehead atoms. The minimum Gasteiger partial charge on any atom is -0.391 e. The Labute approximate surface area is 216 Å². The number of nitrogens with two attached hydrogens (primary N) is 1. The number of fused-ring (bicyclic) bond motifs is 1. The molecule has 37 heavy (non-hydrogen) atoms. The monoisotopic (exact) mass is 506 g/mol. The number of rotatable bonds is 9. The summed E-state index contributed by atoms with van der Waals surface area (Å²) in [5.74, 6) is -0.975. The molecule has 0 saturated carbocycles. The first-order valence-corrected chi connectivity index (χ1v) is 12.7. The van der Waals surface area contributed by atoms with Gasteiger partial charge in [-0.2, -0.15) is 0 Å². The van der Waals surface area contributed by atoms with Gasteiger partial charge in [-0.05, 0) is 63.1 Å². The van der Waals surface area contributed by atoms with Crippen molar-refractivity contribution in [3.8, 4) is 5.88 Å². The highest BCUT2D eigenvalue weighted by atomic mass is 16.6. The lowest BCUT2D eigenvalue weighted by Gasteiger charge is -2.37. The highest BCUT2D eigenvalue weighted by molar-refractivity contribution is 5.77. The van der Waals surface area contributed by atoms with Gasteiger partial charge in [0.15, 0.2) is 0 Å². The summed E-state index contributed by atoms with van der Waals surface area (Å²) in [6.45, 7) is 3.95. The number of para-hydroxylation sites is 2. The predicted molar refractivity (Wildman–Crippen MR) is 139 cm³/mol. The normalized spacial score (nSPS) is 22.1. The molecule has 1 saturated heterocycles. The van der Waals surface area contributed by atoms with Gasteiger partial charge in [-0.1, -0.05) is 42.5 Å². The van der Waals surface area contributed by atoms with E-state index in [1.54, 1.807) is 6.07 Å². The standard InChI is InChI=1S/C28H34N4O5/c1-17-12-20(13-18(2)36-17)21(27(29)34)15-25(33)24(14-19-8-4-3-5-9-19)32-28(35)37-26-16-30-22-10-6-7-11-23(22)31-26/h3-11,16-18,20-21,24-25,33H,12-15H2,1-2H3,(H2,29,34)(H,32,35)/t17?,18?,20?,21-,24-,25-/m0/s1. The van der Waals surface area contributed by atoms with E-state index in [2.05, 4.69) is 15.3 Å². The van der Waals surface area contributed by atoms with Crippen molar-refractivity contribution < 1.29 is 24.2 Å². The molecule has 0 radical (unpaired) electrons. The SMILES string of the molecule is CC1CC([C@H](C[C@H](O)[C@H](Cc2ccccc2)NC(=O)Oc2cnc3ccccc3n2)C(N)=O)CC(C)O1. The summed E-state index contributed by atoms with van der Waals surface area (Å²) in [5.41, 5.74) is 7.99. The molecule has 4 N–H and O–H groups in total. The van der Waals surface area contributed by atoms with Crippen LogP contribution in [0.1, 0.15) is 38.7 Å². The number of nitrogens with one attached hydrogen (secondary N) is 1. The molecule has 2 amide bonds. The number of amides is 2. The number of hydrogen-bond acceptors (Lipinski definition) is 7. The first kappa shape index (κ1) is 26.5. The summed E-state index contributed by atoms with van der Waals surface area (Å²) in [6.07, 6.45) is 1.40. The number of primary amides is 1. The molecule has 1 aliphatic rings. The number of ether oxygens (including phenoxy) is 2. The van der Waals surface area contributed by atoms with Crippen LogP contribution in [0, 0.1) is 11.8 Å². The maximum Gasteiger partial charge on any atom is 0.414 e. The van der Waals surface area contributed by atoms with E-state index in [9.17, 15) is 14.7 Å². The summed E-state index contributed by atoms with van der Waals surface area (Å²) in [5, 5.41) is 14.0. The first-order chi connectivity index (χ1) is 17.8. The number of benzene rings is 2. The second-order valence-corrected chi connectivity index (χ2v) is 9.83. The molecule has 5 atom stereocenters. The number of nitrogens with zero attached hydrogens (tertiary/aromatic N) is 2. The van der Waals surface area contributed by atoms with Crippen LogP contribution in [0.2, 0.25) is 0 Å². The molecule has 196 valence electrons. The van der Waals surface area contributed by atoms with Gasteiger partial charge in [0.2, 0.25) is 11.8 Å². The molecule has 2 heterocycles. The zero-order valence-electron chi connectivity index (χ0n) is 21.1. The fraction of sp³-hybridized carbons (Fsp3) is 0.429. The Morgan fingerprint density at radius 2 is 1.73 bits per heavy atom. The molecular weight excluding hydrogens is 472 g/mol. The Hall–Kier alpha value is -3.56. The van der Waals surface area contributed by atoms with Gasteiger partial charge in [-0.15, -0.1) is 0 Å². The number of aliphatic hydroxyl groups is 1. The molecule has 3 aromatic rings. The third kappa shape index (κ3) is 7.24. The zero-order valence-corrected chi connectivity index (χ0v) is 21.1. The lowest BCUT2D eigenvalue weighted by atomic mass is 9.77. The third-order valence-electron chi connectivity index (χ3n) is 6.85. The van der Waals surface area contributed by atoms with Crippen molar-refractivity contribution in [1.29, 1.82) is 0 Å². The zero-order chi connectivity index (χ0) is 26.4. The third-order valence-corrected chi connectivity index (χ3v) is 6.85. The number of aliphatic hydroxyl groups excluding tert-OH is 1. The van der Waals surface area contributed by atoms with Gasteiger partial charge >= 0.3 is 6.09 Å². The minimum absolute atomic E-state index is 0.00373. The fourth-order valence-electron chi connectivity index (χ4n) is 5.17. The topological polar surface area (TPSA) is 137 Å². The van der Waals surface area contributed by atoms with Crippen LogP contribution in [0.3, 0.4) is 0 Å². The molecule has 1 aliphatic heterocycles. The van der Waals surface area contributed by atoms with Crippen LogP contribution < -0.4 is 15.8 Å². The first-order valence-electron chi connectivity index (χ1n) is 12.7. The highest BCUT2D eigenvalue weighted by Gasteiger charge is 2.36. The Kier molecular flexibility index (Phi) is 8.68. The van der Waals surface area contributed by atoms with E-state index in [-0.39, 0.29) is 30.4 Å². The summed E-state index contributed by atoms with van der Waals surface area (Å²) in [4.78, 5) is 33.9. The van der Waals surface area contributed by atoms with E-state index in [0.717, 1.165) is 5.56 Å². The lowest BCUT2D eigenvalue weighted by Crippen LogP contribution is -2.48. The Morgan fingerprint density at radius 1 is 1.08 bits per heavy atom. The van der Waals surface area contributed by atoms with Crippen molar-refractivity contribution in [2.45, 2.75) is 63.9 Å². The summed E-state index contributed by atoms with van der Waals surface area (Å²) in [6, 6.07) is 16.0. The predicted octanol–water partition coefficient (Wildman–Crippen LogP) is 3.39. The van der Waals surface area contributed by atoms with Gasteiger partial charge in [-0.3, -0.25) is 4.79 Å². The summed E-state index contributed by atoms with van der Waals surface area (Å²) in [7, 11) is 0. The van der Waals surface area contributed by atoms with Crippen LogP contribution >= 0.6 is 0 Å². The van der Waals surface area contributed by atoms with Gasteiger partial charge in [-0.25, -0.2) is 14.8 Å². The molecule has 2 aromatic carbocycles. The summed E-state index contributed by atoms with van der Waals surface area (Å²) < 4.78 is 11.2. The Balaban J connectivity index is 1.48. The quantitative estimate of drug-likeness (QED) is 0.405.